The molecule has 1 amide bonds. The summed E-state index contributed by atoms with van der Waals surface area (Å²) in [5.74, 6) is 1.32. The first-order valence-electron chi connectivity index (χ1n) is 9.80. The number of H-pyrrole nitrogens is 1. The highest BCUT2D eigenvalue weighted by Gasteiger charge is 2.25. The molecule has 1 unspecified atom stereocenters. The van der Waals surface area contributed by atoms with Gasteiger partial charge in [-0.25, -0.2) is 0 Å². The zero-order valence-electron chi connectivity index (χ0n) is 16.8. The molecule has 1 aliphatic rings. The van der Waals surface area contributed by atoms with Crippen molar-refractivity contribution in [1.29, 1.82) is 0 Å². The summed E-state index contributed by atoms with van der Waals surface area (Å²) in [5, 5.41) is 7.72. The molecule has 1 aromatic carbocycles. The largest absolute Gasteiger partial charge is 0.496 e. The Kier molecular flexibility index (Phi) is 7.51. The zero-order valence-corrected chi connectivity index (χ0v) is 16.8. The van der Waals surface area contributed by atoms with Crippen LogP contribution in [0.2, 0.25) is 0 Å². The number of rotatable bonds is 5. The van der Waals surface area contributed by atoms with Crippen molar-refractivity contribution in [2.24, 2.45) is 0 Å². The summed E-state index contributed by atoms with van der Waals surface area (Å²) in [4.78, 5) is 15.4. The van der Waals surface area contributed by atoms with E-state index >= 15 is 0 Å². The van der Waals surface area contributed by atoms with Crippen LogP contribution in [0.1, 0.15) is 59.1 Å². The quantitative estimate of drug-likeness (QED) is 0.748. The van der Waals surface area contributed by atoms with Crippen molar-refractivity contribution in [3.63, 3.8) is 0 Å². The minimum atomic E-state index is 0. The number of aryl methyl sites for hydroxylation is 1. The first kappa shape index (κ1) is 20.3. The maximum Gasteiger partial charge on any atom is 0.220 e. The number of aromatic nitrogens is 1. The van der Waals surface area contributed by atoms with Crippen molar-refractivity contribution >= 4 is 16.8 Å². The number of aromatic amines is 1. The van der Waals surface area contributed by atoms with E-state index in [0.29, 0.717) is 13.0 Å². The lowest BCUT2D eigenvalue weighted by Gasteiger charge is -2.25. The molecule has 1 aliphatic heterocycles. The third kappa shape index (κ3) is 4.21. The lowest BCUT2D eigenvalue weighted by atomic mass is 9.86. The summed E-state index contributed by atoms with van der Waals surface area (Å²) in [7, 11) is 1.73. The van der Waals surface area contributed by atoms with Gasteiger partial charge in [0.2, 0.25) is 5.91 Å². The van der Waals surface area contributed by atoms with E-state index in [1.807, 2.05) is 20.8 Å². The molecular weight excluding hydrogens is 326 g/mol. The summed E-state index contributed by atoms with van der Waals surface area (Å²) in [6.07, 6.45) is 4.48. The first-order chi connectivity index (χ1) is 12.7. The molecule has 2 aromatic rings. The van der Waals surface area contributed by atoms with Crippen molar-refractivity contribution in [3.05, 3.63) is 29.0 Å². The Labute approximate surface area is 159 Å². The Morgan fingerprint density at radius 3 is 2.88 bits per heavy atom. The molecule has 0 aliphatic carbocycles. The van der Waals surface area contributed by atoms with Gasteiger partial charge in [0.1, 0.15) is 5.75 Å². The zero-order chi connectivity index (χ0) is 19.1. The Morgan fingerprint density at radius 2 is 2.19 bits per heavy atom. The van der Waals surface area contributed by atoms with Crippen LogP contribution < -0.4 is 15.4 Å². The Hall–Kier alpha value is -2.01. The van der Waals surface area contributed by atoms with Gasteiger partial charge in [-0.3, -0.25) is 4.79 Å². The van der Waals surface area contributed by atoms with Crippen LogP contribution in [0, 0.1) is 6.92 Å². The fourth-order valence-electron chi connectivity index (χ4n) is 3.76. The van der Waals surface area contributed by atoms with Crippen molar-refractivity contribution in [2.75, 3.05) is 26.7 Å². The predicted molar refractivity (Wildman–Crippen MR) is 112 cm³/mol. The standard InChI is InChI=1S/C19H27N3O2.C2H6.2H2/c1-4-21-16(23)6-5-13-10-20-8-7-14-11-22-19-12(2)9-15(24-3)17(13)18(14)19;1-2;;/h9,11,13,20,22H,4-8,10H2,1-3H3,(H,21,23);1-2H3;2*1H. The molecule has 0 radical (unpaired) electrons. The molecule has 2 heterocycles. The normalized spacial score (nSPS) is 16.3. The van der Waals surface area contributed by atoms with Gasteiger partial charge < -0.3 is 20.4 Å². The molecule has 0 spiro atoms. The second-order valence-corrected chi connectivity index (χ2v) is 6.52. The van der Waals surface area contributed by atoms with Gasteiger partial charge in [0.05, 0.1) is 7.11 Å². The molecule has 0 fully saturated rings. The van der Waals surface area contributed by atoms with Crippen LogP contribution in [-0.4, -0.2) is 37.6 Å². The number of benzene rings is 1. The summed E-state index contributed by atoms with van der Waals surface area (Å²) < 4.78 is 5.72. The van der Waals surface area contributed by atoms with E-state index in [1.54, 1.807) is 7.11 Å². The number of hydrogen-bond acceptors (Lipinski definition) is 3. The molecule has 5 nitrogen and oxygen atoms in total. The van der Waals surface area contributed by atoms with E-state index in [4.69, 9.17) is 4.74 Å². The number of amides is 1. The van der Waals surface area contributed by atoms with Gasteiger partial charge in [-0.05, 0) is 50.4 Å². The third-order valence-corrected chi connectivity index (χ3v) is 4.92. The molecule has 148 valence electrons. The molecule has 26 heavy (non-hydrogen) atoms. The van der Waals surface area contributed by atoms with Gasteiger partial charge in [-0.15, -0.1) is 0 Å². The van der Waals surface area contributed by atoms with Crippen LogP contribution in [0.5, 0.6) is 5.75 Å². The molecular formula is C21H37N3O2. The van der Waals surface area contributed by atoms with Gasteiger partial charge in [-0.2, -0.15) is 0 Å². The summed E-state index contributed by atoms with van der Waals surface area (Å²) in [6, 6.07) is 2.11. The van der Waals surface area contributed by atoms with E-state index in [9.17, 15) is 4.79 Å². The number of nitrogens with one attached hydrogen (secondary N) is 3. The van der Waals surface area contributed by atoms with E-state index < -0.39 is 0 Å². The summed E-state index contributed by atoms with van der Waals surface area (Å²) >= 11 is 0. The average molecular weight is 364 g/mol. The fraction of sp³-hybridized carbons (Fsp3) is 0.571. The van der Waals surface area contributed by atoms with Crippen LogP contribution >= 0.6 is 0 Å². The van der Waals surface area contributed by atoms with Crippen molar-refractivity contribution in [3.8, 4) is 5.75 Å². The Morgan fingerprint density at radius 1 is 1.42 bits per heavy atom. The number of hydrogen-bond donors (Lipinski definition) is 3. The molecule has 5 heteroatoms. The highest BCUT2D eigenvalue weighted by molar-refractivity contribution is 5.92. The van der Waals surface area contributed by atoms with Crippen LogP contribution in [0.3, 0.4) is 0 Å². The Bertz CT molecular complexity index is 747. The molecule has 3 N–H and O–H groups in total. The lowest BCUT2D eigenvalue weighted by molar-refractivity contribution is -0.121. The van der Waals surface area contributed by atoms with Gasteiger partial charge in [0.25, 0.3) is 0 Å². The van der Waals surface area contributed by atoms with Crippen LogP contribution in [0.4, 0.5) is 0 Å². The monoisotopic (exact) mass is 363 g/mol. The smallest absolute Gasteiger partial charge is 0.220 e. The lowest BCUT2D eigenvalue weighted by Crippen LogP contribution is -2.28. The molecule has 0 saturated carbocycles. The number of ether oxygens (including phenoxy) is 1. The van der Waals surface area contributed by atoms with E-state index in [0.717, 1.165) is 31.7 Å². The average Bonchev–Trinajstić information content (AvgIpc) is 3.05. The number of carbonyl (C=O) groups is 1. The van der Waals surface area contributed by atoms with Gasteiger partial charge in [0, 0.05) is 50.9 Å². The van der Waals surface area contributed by atoms with Crippen molar-refractivity contribution in [2.45, 2.75) is 52.9 Å². The van der Waals surface area contributed by atoms with Crippen LogP contribution in [-0.2, 0) is 11.2 Å². The maximum atomic E-state index is 11.9. The van der Waals surface area contributed by atoms with Crippen molar-refractivity contribution in [1.82, 2.24) is 15.6 Å². The highest BCUT2D eigenvalue weighted by atomic mass is 16.5. The highest BCUT2D eigenvalue weighted by Crippen LogP contribution is 2.40. The second-order valence-electron chi connectivity index (χ2n) is 6.52. The topological polar surface area (TPSA) is 66.2 Å². The minimum absolute atomic E-state index is 0. The molecule has 3 rings (SSSR count). The molecule has 1 aromatic heterocycles. The molecule has 0 saturated heterocycles. The molecule has 0 bridgehead atoms. The maximum absolute atomic E-state index is 11.9. The van der Waals surface area contributed by atoms with E-state index in [2.05, 4.69) is 34.8 Å². The van der Waals surface area contributed by atoms with Gasteiger partial charge in [0.15, 0.2) is 0 Å². The SMILES string of the molecule is CC.CCNC(=O)CCC1CNCCc2c[nH]c3c(C)cc(OC)c1c23.[HH].[HH]. The second kappa shape index (κ2) is 9.62. The third-order valence-electron chi connectivity index (χ3n) is 4.92. The summed E-state index contributed by atoms with van der Waals surface area (Å²) in [5.41, 5.74) is 4.97. The van der Waals surface area contributed by atoms with Crippen LogP contribution in [0.15, 0.2) is 12.3 Å². The Balaban J connectivity index is 0.00000177. The van der Waals surface area contributed by atoms with Crippen molar-refractivity contribution < 1.29 is 12.4 Å². The van der Waals surface area contributed by atoms with E-state index in [-0.39, 0.29) is 14.7 Å². The first-order valence-corrected chi connectivity index (χ1v) is 9.80. The van der Waals surface area contributed by atoms with Crippen LogP contribution in [0.25, 0.3) is 10.9 Å². The van der Waals surface area contributed by atoms with E-state index in [1.165, 1.54) is 27.6 Å². The van der Waals surface area contributed by atoms with Gasteiger partial charge in [-0.1, -0.05) is 13.8 Å². The molecule has 1 atom stereocenters. The predicted octanol–water partition coefficient (Wildman–Crippen LogP) is 4.15. The fourth-order valence-corrected chi connectivity index (χ4v) is 3.76. The number of methoxy groups -OCH3 is 1. The number of carbonyl (C=O) groups excluding carboxylic acids is 1. The summed E-state index contributed by atoms with van der Waals surface area (Å²) in [6.45, 7) is 10.6. The minimum Gasteiger partial charge on any atom is -0.496 e. The van der Waals surface area contributed by atoms with Gasteiger partial charge >= 0.3 is 0 Å².